The SMILES string of the molecule is CCOc1ccc(/C=C2/C(=O)NC(=O)N(C)C2=O)cc1. The summed E-state index contributed by atoms with van der Waals surface area (Å²) >= 11 is 0. The highest BCUT2D eigenvalue weighted by Crippen LogP contribution is 2.16. The maximum Gasteiger partial charge on any atom is 0.331 e. The van der Waals surface area contributed by atoms with Crippen molar-refractivity contribution in [3.05, 3.63) is 35.4 Å². The first kappa shape index (κ1) is 13.8. The first-order chi connectivity index (χ1) is 9.52. The van der Waals surface area contributed by atoms with E-state index < -0.39 is 17.8 Å². The van der Waals surface area contributed by atoms with Crippen molar-refractivity contribution in [3.63, 3.8) is 0 Å². The number of ether oxygens (including phenoxy) is 1. The van der Waals surface area contributed by atoms with Crippen molar-refractivity contribution in [3.8, 4) is 5.75 Å². The van der Waals surface area contributed by atoms with Gasteiger partial charge in [-0.25, -0.2) is 4.79 Å². The molecule has 0 spiro atoms. The zero-order chi connectivity index (χ0) is 14.7. The summed E-state index contributed by atoms with van der Waals surface area (Å²) in [4.78, 5) is 35.7. The highest BCUT2D eigenvalue weighted by atomic mass is 16.5. The highest BCUT2D eigenvalue weighted by Gasteiger charge is 2.32. The van der Waals surface area contributed by atoms with E-state index in [0.29, 0.717) is 17.9 Å². The molecule has 1 aromatic carbocycles. The molecule has 2 rings (SSSR count). The van der Waals surface area contributed by atoms with Gasteiger partial charge in [0.05, 0.1) is 6.61 Å². The van der Waals surface area contributed by atoms with Gasteiger partial charge in [-0.1, -0.05) is 12.1 Å². The van der Waals surface area contributed by atoms with Crippen LogP contribution < -0.4 is 10.1 Å². The lowest BCUT2D eigenvalue weighted by Crippen LogP contribution is -2.52. The fraction of sp³-hybridized carbons (Fsp3) is 0.214. The topological polar surface area (TPSA) is 75.7 Å². The summed E-state index contributed by atoms with van der Waals surface area (Å²) < 4.78 is 5.30. The lowest BCUT2D eigenvalue weighted by molar-refractivity contribution is -0.129. The molecule has 0 radical (unpaired) electrons. The molecule has 1 aromatic rings. The molecule has 1 fully saturated rings. The molecule has 4 amide bonds. The van der Waals surface area contributed by atoms with Gasteiger partial charge in [0, 0.05) is 7.05 Å². The molecule has 0 unspecified atom stereocenters. The van der Waals surface area contributed by atoms with E-state index in [9.17, 15) is 14.4 Å². The number of rotatable bonds is 3. The lowest BCUT2D eigenvalue weighted by atomic mass is 10.1. The Labute approximate surface area is 116 Å². The predicted octanol–water partition coefficient (Wildman–Crippen LogP) is 1.18. The van der Waals surface area contributed by atoms with Gasteiger partial charge >= 0.3 is 6.03 Å². The number of urea groups is 1. The molecule has 20 heavy (non-hydrogen) atoms. The minimum atomic E-state index is -0.719. The second kappa shape index (κ2) is 5.56. The number of benzene rings is 1. The Kier molecular flexibility index (Phi) is 3.84. The van der Waals surface area contributed by atoms with Crippen LogP contribution in [0.1, 0.15) is 12.5 Å². The minimum absolute atomic E-state index is 0.0729. The number of hydrogen-bond acceptors (Lipinski definition) is 4. The zero-order valence-corrected chi connectivity index (χ0v) is 11.2. The molecule has 0 saturated carbocycles. The number of carbonyl (C=O) groups is 3. The summed E-state index contributed by atoms with van der Waals surface area (Å²) in [5, 5.41) is 2.10. The molecule has 0 bridgehead atoms. The molecule has 1 aliphatic heterocycles. The van der Waals surface area contributed by atoms with Gasteiger partial charge in [0.1, 0.15) is 11.3 Å². The van der Waals surface area contributed by atoms with Gasteiger partial charge in [0.2, 0.25) is 0 Å². The number of carbonyl (C=O) groups excluding carboxylic acids is 3. The fourth-order valence-electron chi connectivity index (χ4n) is 1.74. The van der Waals surface area contributed by atoms with E-state index >= 15 is 0 Å². The number of nitrogens with one attached hydrogen (secondary N) is 1. The zero-order valence-electron chi connectivity index (χ0n) is 11.2. The Morgan fingerprint density at radius 2 is 1.85 bits per heavy atom. The van der Waals surface area contributed by atoms with Crippen LogP contribution in [0.3, 0.4) is 0 Å². The van der Waals surface area contributed by atoms with E-state index in [1.54, 1.807) is 24.3 Å². The van der Waals surface area contributed by atoms with Crippen molar-refractivity contribution in [1.29, 1.82) is 0 Å². The van der Waals surface area contributed by atoms with Gasteiger partial charge in [-0.05, 0) is 30.7 Å². The van der Waals surface area contributed by atoms with Crippen LogP contribution in [0.15, 0.2) is 29.8 Å². The largest absolute Gasteiger partial charge is 0.494 e. The molecule has 0 atom stereocenters. The van der Waals surface area contributed by atoms with Gasteiger partial charge in [-0.3, -0.25) is 19.8 Å². The van der Waals surface area contributed by atoms with E-state index in [1.165, 1.54) is 13.1 Å². The average molecular weight is 274 g/mol. The number of nitrogens with zero attached hydrogens (tertiary/aromatic N) is 1. The first-order valence-electron chi connectivity index (χ1n) is 6.11. The minimum Gasteiger partial charge on any atom is -0.494 e. The number of amides is 4. The second-order valence-electron chi connectivity index (χ2n) is 4.18. The third-order valence-electron chi connectivity index (χ3n) is 2.81. The van der Waals surface area contributed by atoms with Crippen molar-refractivity contribution >= 4 is 23.9 Å². The van der Waals surface area contributed by atoms with Gasteiger partial charge in [-0.15, -0.1) is 0 Å². The van der Waals surface area contributed by atoms with Crippen LogP contribution in [0.25, 0.3) is 6.08 Å². The number of hydrogen-bond donors (Lipinski definition) is 1. The molecule has 1 heterocycles. The summed E-state index contributed by atoms with van der Waals surface area (Å²) in [5.74, 6) is -0.596. The van der Waals surface area contributed by atoms with Crippen molar-refractivity contribution in [2.45, 2.75) is 6.92 Å². The van der Waals surface area contributed by atoms with Gasteiger partial charge in [0.25, 0.3) is 11.8 Å². The smallest absolute Gasteiger partial charge is 0.331 e. The van der Waals surface area contributed by atoms with Crippen molar-refractivity contribution in [2.24, 2.45) is 0 Å². The summed E-state index contributed by atoms with van der Waals surface area (Å²) in [5.41, 5.74) is 0.603. The molecule has 0 aliphatic carbocycles. The van der Waals surface area contributed by atoms with E-state index in [1.807, 2.05) is 6.92 Å². The standard InChI is InChI=1S/C14H14N2O4/c1-3-20-10-6-4-9(5-7-10)8-11-12(17)15-14(19)16(2)13(11)18/h4-8H,3H2,1-2H3,(H,15,17,19)/b11-8-. The Bertz CT molecular complexity index is 590. The molecule has 1 aliphatic rings. The number of barbiturate groups is 1. The van der Waals surface area contributed by atoms with Crippen LogP contribution >= 0.6 is 0 Å². The van der Waals surface area contributed by atoms with Gasteiger partial charge in [-0.2, -0.15) is 0 Å². The van der Waals surface area contributed by atoms with E-state index in [0.717, 1.165) is 4.90 Å². The maximum atomic E-state index is 11.9. The van der Waals surface area contributed by atoms with Crippen molar-refractivity contribution in [1.82, 2.24) is 10.2 Å². The molecule has 0 aromatic heterocycles. The van der Waals surface area contributed by atoms with Crippen LogP contribution in [0.5, 0.6) is 5.75 Å². The molecule has 1 N–H and O–H groups in total. The van der Waals surface area contributed by atoms with Crippen LogP contribution in [0.2, 0.25) is 0 Å². The summed E-state index contributed by atoms with van der Waals surface area (Å²) in [6.45, 7) is 2.45. The van der Waals surface area contributed by atoms with E-state index in [4.69, 9.17) is 4.74 Å². The highest BCUT2D eigenvalue weighted by molar-refractivity contribution is 6.30. The van der Waals surface area contributed by atoms with Crippen molar-refractivity contribution in [2.75, 3.05) is 13.7 Å². The van der Waals surface area contributed by atoms with Crippen LogP contribution in [-0.2, 0) is 9.59 Å². The first-order valence-corrected chi connectivity index (χ1v) is 6.11. The van der Waals surface area contributed by atoms with Crippen molar-refractivity contribution < 1.29 is 19.1 Å². The maximum absolute atomic E-state index is 11.9. The predicted molar refractivity (Wildman–Crippen MR) is 71.9 cm³/mol. The third-order valence-corrected chi connectivity index (χ3v) is 2.81. The molecular weight excluding hydrogens is 260 g/mol. The molecule has 6 nitrogen and oxygen atoms in total. The Hall–Kier alpha value is -2.63. The monoisotopic (exact) mass is 274 g/mol. The Balaban J connectivity index is 2.27. The van der Waals surface area contributed by atoms with Crippen LogP contribution in [0, 0.1) is 0 Å². The lowest BCUT2D eigenvalue weighted by Gasteiger charge is -2.22. The Morgan fingerprint density at radius 1 is 1.20 bits per heavy atom. The average Bonchev–Trinajstić information content (AvgIpc) is 2.43. The Morgan fingerprint density at radius 3 is 2.45 bits per heavy atom. The quantitative estimate of drug-likeness (QED) is 0.663. The second-order valence-corrected chi connectivity index (χ2v) is 4.18. The van der Waals surface area contributed by atoms with E-state index in [2.05, 4.69) is 5.32 Å². The molecule has 1 saturated heterocycles. The molecule has 104 valence electrons. The van der Waals surface area contributed by atoms with Gasteiger partial charge in [0.15, 0.2) is 0 Å². The fourth-order valence-corrected chi connectivity index (χ4v) is 1.74. The number of imide groups is 2. The summed E-state index contributed by atoms with van der Waals surface area (Å²) in [7, 11) is 1.32. The van der Waals surface area contributed by atoms with Gasteiger partial charge < -0.3 is 4.74 Å². The normalized spacial score (nSPS) is 17.4. The third kappa shape index (κ3) is 2.69. The summed E-state index contributed by atoms with van der Waals surface area (Å²) in [6, 6.07) is 6.24. The molecule has 6 heteroatoms. The summed E-state index contributed by atoms with van der Waals surface area (Å²) in [6.07, 6.45) is 1.44. The van der Waals surface area contributed by atoms with Crippen LogP contribution in [-0.4, -0.2) is 36.4 Å². The molecular formula is C14H14N2O4. The number of likely N-dealkylation sites (N-methyl/N-ethyl adjacent to an activating group) is 1. The van der Waals surface area contributed by atoms with Crippen LogP contribution in [0.4, 0.5) is 4.79 Å². The van der Waals surface area contributed by atoms with E-state index in [-0.39, 0.29) is 5.57 Å².